The maximum atomic E-state index is 15.0. The molecule has 0 radical (unpaired) electrons. The first-order valence-electron chi connectivity index (χ1n) is 14.5. The van der Waals surface area contributed by atoms with Crippen molar-refractivity contribution in [2.24, 2.45) is 11.8 Å². The molecule has 2 aromatic rings. The third-order valence-electron chi connectivity index (χ3n) is 7.41. The molecule has 0 aromatic heterocycles. The number of amides is 2. The van der Waals surface area contributed by atoms with E-state index in [0.29, 0.717) is 54.8 Å². The van der Waals surface area contributed by atoms with E-state index in [1.807, 2.05) is 37.5 Å². The summed E-state index contributed by atoms with van der Waals surface area (Å²) in [7, 11) is 0. The molecule has 1 aliphatic rings. The number of halogens is 6. The smallest absolute Gasteiger partial charge is 0.367 e. The van der Waals surface area contributed by atoms with Crippen LogP contribution in [-0.4, -0.2) is 55.1 Å². The minimum absolute atomic E-state index is 0.0845. The lowest BCUT2D eigenvalue weighted by molar-refractivity contribution is -0.139. The highest BCUT2D eigenvalue weighted by Crippen LogP contribution is 2.33. The molecule has 0 aliphatic carbocycles. The van der Waals surface area contributed by atoms with Crippen LogP contribution in [0.5, 0.6) is 0 Å². The maximum Gasteiger partial charge on any atom is 0.390 e. The first kappa shape index (κ1) is 34.6. The number of alkyl halides is 3. The fourth-order valence-corrected chi connectivity index (χ4v) is 5.28. The Morgan fingerprint density at radius 2 is 1.74 bits per heavy atom. The summed E-state index contributed by atoms with van der Waals surface area (Å²) in [5.74, 6) is -3.14. The number of hydrogen-bond acceptors (Lipinski definition) is 4. The van der Waals surface area contributed by atoms with Gasteiger partial charge in [0, 0.05) is 55.8 Å². The lowest BCUT2D eigenvalue weighted by Gasteiger charge is -2.43. The molecule has 2 amide bonds. The van der Waals surface area contributed by atoms with Crippen LogP contribution in [0, 0.1) is 23.5 Å². The second-order valence-electron chi connectivity index (χ2n) is 11.9. The zero-order valence-corrected chi connectivity index (χ0v) is 25.7. The number of nitrogens with zero attached hydrogens (tertiary/aromatic N) is 2. The van der Waals surface area contributed by atoms with Gasteiger partial charge >= 0.3 is 6.18 Å². The van der Waals surface area contributed by atoms with E-state index in [0.717, 1.165) is 6.07 Å². The minimum Gasteiger partial charge on any atom is -0.367 e. The van der Waals surface area contributed by atoms with Gasteiger partial charge in [-0.05, 0) is 48.9 Å². The Morgan fingerprint density at radius 3 is 2.40 bits per heavy atom. The number of carbonyl (C=O) groups excluding carboxylic acids is 2. The second-order valence-corrected chi connectivity index (χ2v) is 12.3. The summed E-state index contributed by atoms with van der Waals surface area (Å²) in [5.41, 5.74) is 0.246. The highest BCUT2D eigenvalue weighted by atomic mass is 35.5. The molecule has 2 aromatic carbocycles. The van der Waals surface area contributed by atoms with E-state index >= 15 is 4.39 Å². The van der Waals surface area contributed by atoms with E-state index in [2.05, 4.69) is 10.6 Å². The molecule has 43 heavy (non-hydrogen) atoms. The summed E-state index contributed by atoms with van der Waals surface area (Å²) in [6.07, 6.45) is -3.54. The lowest BCUT2D eigenvalue weighted by Crippen LogP contribution is -2.54. The van der Waals surface area contributed by atoms with Crippen molar-refractivity contribution in [2.75, 3.05) is 36.4 Å². The van der Waals surface area contributed by atoms with Crippen molar-refractivity contribution in [3.8, 4) is 0 Å². The van der Waals surface area contributed by atoms with Gasteiger partial charge in [-0.15, -0.1) is 0 Å². The number of carbonyl (C=O) groups is 2. The Balaban J connectivity index is 1.76. The largest absolute Gasteiger partial charge is 0.390 e. The minimum atomic E-state index is -4.25. The first-order chi connectivity index (χ1) is 20.1. The van der Waals surface area contributed by atoms with Gasteiger partial charge in [-0.25, -0.2) is 8.78 Å². The van der Waals surface area contributed by atoms with Gasteiger partial charge in [0.25, 0.3) is 5.91 Å². The van der Waals surface area contributed by atoms with Gasteiger partial charge in [-0.2, -0.15) is 13.2 Å². The molecule has 238 valence electrons. The number of anilines is 2. The summed E-state index contributed by atoms with van der Waals surface area (Å²) >= 11 is 6.28. The predicted octanol–water partition coefficient (Wildman–Crippen LogP) is 7.41. The van der Waals surface area contributed by atoms with Crippen LogP contribution in [0.25, 0.3) is 0 Å². The average Bonchev–Trinajstić information content (AvgIpc) is 2.92. The topological polar surface area (TPSA) is 64.7 Å². The van der Waals surface area contributed by atoms with Crippen LogP contribution in [-0.2, 0) is 11.3 Å². The van der Waals surface area contributed by atoms with Crippen molar-refractivity contribution in [3.63, 3.8) is 0 Å². The molecule has 3 rings (SSSR count). The molecular formula is C31H40ClF5N4O2. The van der Waals surface area contributed by atoms with E-state index in [-0.39, 0.29) is 42.9 Å². The fourth-order valence-electron chi connectivity index (χ4n) is 5.11. The molecule has 1 saturated heterocycles. The van der Waals surface area contributed by atoms with Gasteiger partial charge in [0.05, 0.1) is 23.4 Å². The molecule has 1 fully saturated rings. The highest BCUT2D eigenvalue weighted by Gasteiger charge is 2.33. The van der Waals surface area contributed by atoms with E-state index in [4.69, 9.17) is 11.6 Å². The van der Waals surface area contributed by atoms with Crippen molar-refractivity contribution in [2.45, 2.75) is 72.1 Å². The van der Waals surface area contributed by atoms with Gasteiger partial charge in [-0.3, -0.25) is 14.5 Å². The van der Waals surface area contributed by atoms with Crippen LogP contribution in [0.15, 0.2) is 30.3 Å². The quantitative estimate of drug-likeness (QED) is 0.240. The molecule has 1 heterocycles. The van der Waals surface area contributed by atoms with Crippen molar-refractivity contribution < 1.29 is 31.5 Å². The standard InChI is InChI=1S/C31H40ClF5N4O2/c1-19(2)5-10-27(42)38-17-21-6-8-24(29(34)28(21)33)30(43)39-25-9-7-22(32)16-26(25)41-14-13-40(12-11-31(35,36)37)23(18-41)15-20(3)4/h6-9,16,19-20,23H,5,10-15,17-18H2,1-4H3,(H,38,42)(H,39,43)/t23-/m0/s1. The average molecular weight is 631 g/mol. The molecule has 0 saturated carbocycles. The van der Waals surface area contributed by atoms with E-state index in [1.165, 1.54) is 6.07 Å². The van der Waals surface area contributed by atoms with Crippen LogP contribution in [0.3, 0.4) is 0 Å². The summed E-state index contributed by atoms with van der Waals surface area (Å²) in [4.78, 5) is 28.9. The monoisotopic (exact) mass is 630 g/mol. The zero-order valence-electron chi connectivity index (χ0n) is 25.0. The Morgan fingerprint density at radius 1 is 1.02 bits per heavy atom. The van der Waals surface area contributed by atoms with Crippen molar-refractivity contribution in [3.05, 3.63) is 58.1 Å². The van der Waals surface area contributed by atoms with Gasteiger partial charge in [-0.1, -0.05) is 45.4 Å². The summed E-state index contributed by atoms with van der Waals surface area (Å²) < 4.78 is 68.7. The number of benzene rings is 2. The van der Waals surface area contributed by atoms with Crippen molar-refractivity contribution in [1.29, 1.82) is 0 Å². The Kier molecular flexibility index (Phi) is 12.2. The molecular weight excluding hydrogens is 591 g/mol. The molecule has 1 aliphatic heterocycles. The fraction of sp³-hybridized carbons (Fsp3) is 0.548. The number of rotatable bonds is 12. The van der Waals surface area contributed by atoms with E-state index < -0.39 is 35.7 Å². The summed E-state index contributed by atoms with van der Waals surface area (Å²) in [6.45, 7) is 8.82. The first-order valence-corrected chi connectivity index (χ1v) is 14.9. The SMILES string of the molecule is CC(C)CCC(=O)NCc1ccc(C(=O)Nc2ccc(Cl)cc2N2CCN(CCC(F)(F)F)[C@@H](CC(C)C)C2)c(F)c1F. The third-order valence-corrected chi connectivity index (χ3v) is 7.65. The predicted molar refractivity (Wildman–Crippen MR) is 159 cm³/mol. The summed E-state index contributed by atoms with van der Waals surface area (Å²) in [6, 6.07) is 7.00. The molecule has 0 spiro atoms. The Labute approximate surface area is 254 Å². The van der Waals surface area contributed by atoms with Gasteiger partial charge in [0.2, 0.25) is 5.91 Å². The van der Waals surface area contributed by atoms with Crippen molar-refractivity contribution >= 4 is 34.8 Å². The van der Waals surface area contributed by atoms with Crippen LogP contribution in [0.2, 0.25) is 5.02 Å². The molecule has 6 nitrogen and oxygen atoms in total. The van der Waals surface area contributed by atoms with Crippen molar-refractivity contribution in [1.82, 2.24) is 10.2 Å². The third kappa shape index (κ3) is 10.3. The van der Waals surface area contributed by atoms with E-state index in [9.17, 15) is 27.2 Å². The van der Waals surface area contributed by atoms with Gasteiger partial charge in [0.1, 0.15) is 0 Å². The van der Waals surface area contributed by atoms with Crippen LogP contribution < -0.4 is 15.5 Å². The second kappa shape index (κ2) is 15.2. The summed E-state index contributed by atoms with van der Waals surface area (Å²) in [5, 5.41) is 5.60. The molecule has 2 N–H and O–H groups in total. The molecule has 0 bridgehead atoms. The zero-order chi connectivity index (χ0) is 31.9. The number of nitrogens with one attached hydrogen (secondary N) is 2. The Hall–Kier alpha value is -2.92. The Bertz CT molecular complexity index is 1270. The normalized spacial score (nSPS) is 16.2. The van der Waals surface area contributed by atoms with Crippen LogP contribution in [0.1, 0.15) is 69.3 Å². The number of hydrogen-bond donors (Lipinski definition) is 2. The van der Waals surface area contributed by atoms with E-state index in [1.54, 1.807) is 18.2 Å². The molecule has 12 heteroatoms. The van der Waals surface area contributed by atoms with Crippen LogP contribution in [0.4, 0.5) is 33.3 Å². The van der Waals surface area contributed by atoms with Crippen LogP contribution >= 0.6 is 11.6 Å². The highest BCUT2D eigenvalue weighted by molar-refractivity contribution is 6.31. The lowest BCUT2D eigenvalue weighted by atomic mass is 9.99. The maximum absolute atomic E-state index is 15.0. The van der Waals surface area contributed by atoms with Gasteiger partial charge in [0.15, 0.2) is 11.6 Å². The van der Waals surface area contributed by atoms with Gasteiger partial charge < -0.3 is 15.5 Å². The molecule has 0 unspecified atom stereocenters. The molecule has 1 atom stereocenters. The number of piperazine rings is 1.